The Hall–Kier alpha value is -2.48. The molecule has 1 aliphatic heterocycles. The fraction of sp³-hybridized carbons (Fsp3) is 0.600. The van der Waals surface area contributed by atoms with Gasteiger partial charge in [-0.05, 0) is 38.5 Å². The summed E-state index contributed by atoms with van der Waals surface area (Å²) in [5.41, 5.74) is 6.70. The summed E-state index contributed by atoms with van der Waals surface area (Å²) in [6.45, 7) is 9.59. The maximum Gasteiger partial charge on any atom is 0.410 e. The van der Waals surface area contributed by atoms with Gasteiger partial charge in [-0.1, -0.05) is 12.1 Å². The Kier molecular flexibility index (Phi) is 7.92. The lowest BCUT2D eigenvalue weighted by molar-refractivity contribution is 0.0186. The first-order chi connectivity index (χ1) is 13.3. The van der Waals surface area contributed by atoms with E-state index in [1.165, 1.54) is 0 Å². The second kappa shape index (κ2) is 10.2. The SMILES string of the molecule is COCCOc1ccc(CN=C(N)N2CCN(C(=O)OC(C)(C)C)CC2)cc1. The number of methoxy groups -OCH3 is 1. The Labute approximate surface area is 167 Å². The van der Waals surface area contributed by atoms with Gasteiger partial charge in [0.1, 0.15) is 18.0 Å². The van der Waals surface area contributed by atoms with Gasteiger partial charge in [0.2, 0.25) is 0 Å². The summed E-state index contributed by atoms with van der Waals surface area (Å²) in [4.78, 5) is 20.3. The molecular formula is C20H32N4O4. The number of hydrogen-bond donors (Lipinski definition) is 1. The monoisotopic (exact) mass is 392 g/mol. The molecule has 1 heterocycles. The second-order valence-electron chi connectivity index (χ2n) is 7.61. The van der Waals surface area contributed by atoms with Crippen molar-refractivity contribution in [2.75, 3.05) is 46.5 Å². The van der Waals surface area contributed by atoms with E-state index in [9.17, 15) is 4.79 Å². The molecule has 8 nitrogen and oxygen atoms in total. The van der Waals surface area contributed by atoms with Gasteiger partial charge in [0.05, 0.1) is 13.2 Å². The Morgan fingerprint density at radius 2 is 1.68 bits per heavy atom. The van der Waals surface area contributed by atoms with Crippen molar-refractivity contribution in [3.8, 4) is 5.75 Å². The van der Waals surface area contributed by atoms with Crippen LogP contribution in [0.4, 0.5) is 4.79 Å². The molecule has 1 amide bonds. The summed E-state index contributed by atoms with van der Waals surface area (Å²) in [5.74, 6) is 1.29. The molecule has 2 rings (SSSR count). The molecule has 1 aromatic carbocycles. The number of benzene rings is 1. The van der Waals surface area contributed by atoms with E-state index in [1.54, 1.807) is 12.0 Å². The highest BCUT2D eigenvalue weighted by molar-refractivity contribution is 5.78. The fourth-order valence-corrected chi connectivity index (χ4v) is 2.65. The second-order valence-corrected chi connectivity index (χ2v) is 7.61. The van der Waals surface area contributed by atoms with Crippen LogP contribution in [0, 0.1) is 0 Å². The number of rotatable bonds is 6. The summed E-state index contributed by atoms with van der Waals surface area (Å²) in [6, 6.07) is 7.77. The summed E-state index contributed by atoms with van der Waals surface area (Å²) >= 11 is 0. The van der Waals surface area contributed by atoms with Crippen LogP contribution >= 0.6 is 0 Å². The molecule has 1 aromatic rings. The van der Waals surface area contributed by atoms with Crippen LogP contribution in [0.25, 0.3) is 0 Å². The van der Waals surface area contributed by atoms with E-state index in [0.717, 1.165) is 11.3 Å². The minimum Gasteiger partial charge on any atom is -0.491 e. The maximum absolute atomic E-state index is 12.1. The predicted octanol–water partition coefficient (Wildman–Crippen LogP) is 2.08. The molecule has 0 atom stereocenters. The molecule has 1 fully saturated rings. The van der Waals surface area contributed by atoms with Crippen molar-refractivity contribution in [2.45, 2.75) is 32.9 Å². The topological polar surface area (TPSA) is 89.6 Å². The maximum atomic E-state index is 12.1. The molecule has 156 valence electrons. The lowest BCUT2D eigenvalue weighted by Crippen LogP contribution is -2.53. The van der Waals surface area contributed by atoms with E-state index in [2.05, 4.69) is 4.99 Å². The van der Waals surface area contributed by atoms with Crippen LogP contribution in [0.1, 0.15) is 26.3 Å². The van der Waals surface area contributed by atoms with Crippen molar-refractivity contribution >= 4 is 12.1 Å². The number of nitrogens with two attached hydrogens (primary N) is 1. The molecule has 0 saturated carbocycles. The summed E-state index contributed by atoms with van der Waals surface area (Å²) < 4.78 is 15.9. The van der Waals surface area contributed by atoms with Gasteiger partial charge in [-0.3, -0.25) is 0 Å². The van der Waals surface area contributed by atoms with E-state index in [1.807, 2.05) is 49.9 Å². The number of hydrogen-bond acceptors (Lipinski definition) is 5. The average Bonchev–Trinajstić information content (AvgIpc) is 2.66. The zero-order valence-corrected chi connectivity index (χ0v) is 17.3. The van der Waals surface area contributed by atoms with Gasteiger partial charge >= 0.3 is 6.09 Å². The largest absolute Gasteiger partial charge is 0.491 e. The van der Waals surface area contributed by atoms with Crippen LogP contribution in [-0.2, 0) is 16.0 Å². The number of amides is 1. The molecule has 28 heavy (non-hydrogen) atoms. The third-order valence-electron chi connectivity index (χ3n) is 4.16. The highest BCUT2D eigenvalue weighted by atomic mass is 16.6. The zero-order valence-electron chi connectivity index (χ0n) is 17.3. The fourth-order valence-electron chi connectivity index (χ4n) is 2.65. The van der Waals surface area contributed by atoms with Crippen LogP contribution in [-0.4, -0.2) is 74.0 Å². The molecular weight excluding hydrogens is 360 g/mol. The molecule has 0 aromatic heterocycles. The molecule has 0 radical (unpaired) electrons. The van der Waals surface area contributed by atoms with Crippen molar-refractivity contribution in [2.24, 2.45) is 10.7 Å². The Morgan fingerprint density at radius 3 is 2.25 bits per heavy atom. The van der Waals surface area contributed by atoms with E-state index in [4.69, 9.17) is 19.9 Å². The van der Waals surface area contributed by atoms with Gasteiger partial charge < -0.3 is 29.7 Å². The smallest absolute Gasteiger partial charge is 0.410 e. The summed E-state index contributed by atoms with van der Waals surface area (Å²) in [5, 5.41) is 0. The standard InChI is InChI=1S/C20H32N4O4/c1-20(2,3)28-19(25)24-11-9-23(10-12-24)18(21)22-15-16-5-7-17(8-6-16)27-14-13-26-4/h5-8H,9-15H2,1-4H3,(H2,21,22). The lowest BCUT2D eigenvalue weighted by Gasteiger charge is -2.36. The Bertz CT molecular complexity index is 647. The molecule has 2 N–H and O–H groups in total. The first kappa shape index (κ1) is 21.8. The van der Waals surface area contributed by atoms with E-state index < -0.39 is 5.60 Å². The molecule has 8 heteroatoms. The average molecular weight is 393 g/mol. The van der Waals surface area contributed by atoms with Crippen molar-refractivity contribution < 1.29 is 19.0 Å². The van der Waals surface area contributed by atoms with Crippen molar-refractivity contribution in [3.05, 3.63) is 29.8 Å². The lowest BCUT2D eigenvalue weighted by atomic mass is 10.2. The highest BCUT2D eigenvalue weighted by Gasteiger charge is 2.26. The van der Waals surface area contributed by atoms with Crippen LogP contribution in [0.2, 0.25) is 0 Å². The first-order valence-electron chi connectivity index (χ1n) is 9.52. The molecule has 1 saturated heterocycles. The van der Waals surface area contributed by atoms with Crippen LogP contribution in [0.3, 0.4) is 0 Å². The van der Waals surface area contributed by atoms with Gasteiger partial charge in [0.15, 0.2) is 5.96 Å². The number of nitrogens with zero attached hydrogens (tertiary/aromatic N) is 3. The van der Waals surface area contributed by atoms with Gasteiger partial charge in [0.25, 0.3) is 0 Å². The Morgan fingerprint density at radius 1 is 1.07 bits per heavy atom. The normalized spacial score (nSPS) is 15.5. The molecule has 1 aliphatic rings. The minimum atomic E-state index is -0.487. The third kappa shape index (κ3) is 7.26. The highest BCUT2D eigenvalue weighted by Crippen LogP contribution is 2.14. The van der Waals surface area contributed by atoms with Gasteiger partial charge in [-0.15, -0.1) is 0 Å². The molecule has 0 bridgehead atoms. The molecule has 0 spiro atoms. The van der Waals surface area contributed by atoms with Gasteiger partial charge in [0, 0.05) is 33.3 Å². The van der Waals surface area contributed by atoms with Crippen molar-refractivity contribution in [1.29, 1.82) is 0 Å². The first-order valence-corrected chi connectivity index (χ1v) is 9.52. The van der Waals surface area contributed by atoms with Gasteiger partial charge in [-0.2, -0.15) is 0 Å². The van der Waals surface area contributed by atoms with Gasteiger partial charge in [-0.25, -0.2) is 9.79 Å². The number of carbonyl (C=O) groups excluding carboxylic acids is 1. The quantitative estimate of drug-likeness (QED) is 0.453. The van der Waals surface area contributed by atoms with E-state index >= 15 is 0 Å². The van der Waals surface area contributed by atoms with E-state index in [-0.39, 0.29) is 6.09 Å². The van der Waals surface area contributed by atoms with Crippen LogP contribution in [0.15, 0.2) is 29.3 Å². The Balaban J connectivity index is 1.79. The van der Waals surface area contributed by atoms with Crippen molar-refractivity contribution in [3.63, 3.8) is 0 Å². The molecule has 0 unspecified atom stereocenters. The number of guanidine groups is 1. The number of aliphatic imine (C=N–C) groups is 1. The van der Waals surface area contributed by atoms with Crippen LogP contribution < -0.4 is 10.5 Å². The van der Waals surface area contributed by atoms with Crippen LogP contribution in [0.5, 0.6) is 5.75 Å². The summed E-state index contributed by atoms with van der Waals surface area (Å²) in [7, 11) is 1.65. The molecule has 0 aliphatic carbocycles. The number of carbonyl (C=O) groups is 1. The predicted molar refractivity (Wildman–Crippen MR) is 109 cm³/mol. The summed E-state index contributed by atoms with van der Waals surface area (Å²) in [6.07, 6.45) is -0.282. The zero-order chi connectivity index (χ0) is 20.6. The van der Waals surface area contributed by atoms with Crippen molar-refractivity contribution in [1.82, 2.24) is 9.80 Å². The van der Waals surface area contributed by atoms with E-state index in [0.29, 0.717) is 51.9 Å². The third-order valence-corrected chi connectivity index (χ3v) is 4.16. The number of piperazine rings is 1. The minimum absolute atomic E-state index is 0.282. The number of ether oxygens (including phenoxy) is 3.